The van der Waals surface area contributed by atoms with E-state index in [1.54, 1.807) is 0 Å². The van der Waals surface area contributed by atoms with E-state index in [0.29, 0.717) is 0 Å². The Hall–Kier alpha value is 0.969. The fourth-order valence-electron chi connectivity index (χ4n) is 0. The molecule has 5 heteroatoms. The van der Waals surface area contributed by atoms with Gasteiger partial charge in [-0.05, 0) is 0 Å². The molecule has 0 rings (SSSR count). The van der Waals surface area contributed by atoms with Crippen LogP contribution in [0.15, 0.2) is 0 Å². The third kappa shape index (κ3) is 28.2. The second kappa shape index (κ2) is 10.9. The van der Waals surface area contributed by atoms with E-state index in [2.05, 4.69) is 39.6 Å². The maximum absolute atomic E-state index is 9.38. The summed E-state index contributed by atoms with van der Waals surface area (Å²) < 4.78 is 3.67. The Labute approximate surface area is 70.6 Å². The van der Waals surface area contributed by atoms with Crippen LogP contribution in [0.3, 0.4) is 0 Å². The van der Waals surface area contributed by atoms with E-state index in [9.17, 15) is 4.79 Å². The van der Waals surface area contributed by atoms with Gasteiger partial charge in [0.1, 0.15) is 0 Å². The number of thiol groups is 2. The average molecular weight is 259 g/mol. The summed E-state index contributed by atoms with van der Waals surface area (Å²) in [6, 6.07) is 0. The molecule has 0 N–H and O–H groups in total. The molecule has 0 aromatic rings. The third-order valence-electron chi connectivity index (χ3n) is 0.0781. The maximum atomic E-state index is 9.38. The van der Waals surface area contributed by atoms with Gasteiger partial charge in [0.15, 0.2) is 0 Å². The van der Waals surface area contributed by atoms with Crippen molar-refractivity contribution in [2.75, 3.05) is 0 Å². The van der Waals surface area contributed by atoms with Crippen molar-refractivity contribution in [1.82, 2.24) is 0 Å². The molecule has 0 spiro atoms. The molecule has 2 radical (unpaired) electrons. The molecule has 0 aromatic carbocycles. The molecule has 0 bridgehead atoms. The van der Waals surface area contributed by atoms with Crippen molar-refractivity contribution in [2.24, 2.45) is 0 Å². The van der Waals surface area contributed by atoms with E-state index in [0.717, 1.165) is 0 Å². The van der Waals surface area contributed by atoms with Crippen LogP contribution in [0.25, 0.3) is 0 Å². The number of hydrogen-bond donors (Lipinski definition) is 2. The minimum absolute atomic E-state index is 0.230. The molecule has 0 atom stereocenters. The van der Waals surface area contributed by atoms with Gasteiger partial charge in [0.2, 0.25) is 0 Å². The van der Waals surface area contributed by atoms with Crippen molar-refractivity contribution in [1.29, 1.82) is 0 Å². The van der Waals surface area contributed by atoms with Crippen LogP contribution >= 0.6 is 25.5 Å². The molecule has 0 amide bonds. The Morgan fingerprint density at radius 1 is 1.62 bits per heavy atom. The number of hydrogen-bond acceptors (Lipinski definition) is 3. The summed E-state index contributed by atoms with van der Waals surface area (Å²) in [5, 5.41) is -0.687. The van der Waals surface area contributed by atoms with Crippen LogP contribution in [-0.2, 0) is 4.18 Å². The summed E-state index contributed by atoms with van der Waals surface area (Å²) >= 11 is 6.48. The molecular weight excluding hydrogens is 251 g/mol. The Morgan fingerprint density at radius 2 is 1.75 bits per heavy atom. The second-order valence-corrected chi connectivity index (χ2v) is 4.26. The van der Waals surface area contributed by atoms with Crippen LogP contribution in [0.1, 0.15) is 0 Å². The van der Waals surface area contributed by atoms with Crippen LogP contribution in [-0.4, -0.2) is 26.4 Å². The van der Waals surface area contributed by atoms with E-state index in [1.807, 2.05) is 0 Å². The second-order valence-electron chi connectivity index (χ2n) is 0.857. The van der Waals surface area contributed by atoms with Gasteiger partial charge in [-0.1, -0.05) is 12.6 Å². The predicted octanol–water partition coefficient (Wildman–Crippen LogP) is 1.68. The standard InChI is InChI=1S/CH2O2S2.2CH3.Sn/c2-1(4)3-5;;;/h5H,(H,2,4);2*1H3;. The molecular formula is C3H8O2S2Sn. The van der Waals surface area contributed by atoms with Gasteiger partial charge in [0.25, 0.3) is 0 Å². The molecule has 0 unspecified atom stereocenters. The van der Waals surface area contributed by atoms with Gasteiger partial charge in [0.05, 0.1) is 0 Å². The first kappa shape index (κ1) is 11.7. The molecule has 0 fully saturated rings. The monoisotopic (exact) mass is 260 g/mol. The number of carbonyl (C=O) groups is 1. The SMILES string of the molecule is O=C(S)OS.[CH3][Sn][CH3]. The molecule has 0 aliphatic carbocycles. The van der Waals surface area contributed by atoms with E-state index < -0.39 is 5.30 Å². The normalized spacial score (nSPS) is 6.50. The molecule has 48 valence electrons. The molecule has 0 saturated heterocycles. The van der Waals surface area contributed by atoms with E-state index in [1.165, 1.54) is 0 Å². The van der Waals surface area contributed by atoms with Crippen LogP contribution in [0.4, 0.5) is 4.79 Å². The molecule has 0 heterocycles. The topological polar surface area (TPSA) is 26.3 Å². The average Bonchev–Trinajstić information content (AvgIpc) is 1.69. The molecule has 0 saturated carbocycles. The van der Waals surface area contributed by atoms with Gasteiger partial charge in [0, 0.05) is 12.9 Å². The Kier molecular flexibility index (Phi) is 15.9. The quantitative estimate of drug-likeness (QED) is 0.393. The van der Waals surface area contributed by atoms with Crippen LogP contribution in [0.2, 0.25) is 9.88 Å². The molecule has 0 aliphatic rings. The Balaban J connectivity index is 0. The predicted molar refractivity (Wildman–Crippen MR) is 41.9 cm³/mol. The van der Waals surface area contributed by atoms with Gasteiger partial charge in [-0.3, -0.25) is 0 Å². The van der Waals surface area contributed by atoms with Gasteiger partial charge in [-0.2, -0.15) is 0 Å². The number of carbonyl (C=O) groups excluding carboxylic acids is 1. The van der Waals surface area contributed by atoms with E-state index >= 15 is 0 Å². The molecule has 8 heavy (non-hydrogen) atoms. The zero-order valence-electron chi connectivity index (χ0n) is 4.71. The first-order valence-electron chi connectivity index (χ1n) is 1.81. The van der Waals surface area contributed by atoms with E-state index in [-0.39, 0.29) is 21.1 Å². The van der Waals surface area contributed by atoms with Crippen molar-refractivity contribution in [2.45, 2.75) is 9.88 Å². The van der Waals surface area contributed by atoms with Crippen molar-refractivity contribution in [3.8, 4) is 0 Å². The Morgan fingerprint density at radius 3 is 1.75 bits per heavy atom. The summed E-state index contributed by atoms with van der Waals surface area (Å²) in [7, 11) is 0. The van der Waals surface area contributed by atoms with Crippen molar-refractivity contribution in [3.63, 3.8) is 0 Å². The van der Waals surface area contributed by atoms with Gasteiger partial charge in [-0.15, -0.1) is 0 Å². The summed E-state index contributed by atoms with van der Waals surface area (Å²) in [6.45, 7) is 0. The van der Waals surface area contributed by atoms with E-state index in [4.69, 9.17) is 0 Å². The minimum atomic E-state index is -0.687. The fourth-order valence-corrected chi connectivity index (χ4v) is 0. The van der Waals surface area contributed by atoms with Crippen LogP contribution in [0, 0.1) is 0 Å². The zero-order chi connectivity index (χ0) is 6.99. The summed E-state index contributed by atoms with van der Waals surface area (Å²) in [4.78, 5) is 14.0. The number of rotatable bonds is 0. The summed E-state index contributed by atoms with van der Waals surface area (Å²) in [5.74, 6) is 0. The van der Waals surface area contributed by atoms with Crippen molar-refractivity contribution < 1.29 is 8.98 Å². The third-order valence-corrected chi connectivity index (χ3v) is 0.479. The van der Waals surface area contributed by atoms with Crippen molar-refractivity contribution >= 4 is 52.0 Å². The van der Waals surface area contributed by atoms with Crippen molar-refractivity contribution in [3.05, 3.63) is 0 Å². The molecule has 0 aromatic heterocycles. The fraction of sp³-hybridized carbons (Fsp3) is 0.667. The van der Waals surface area contributed by atoms with Gasteiger partial charge in [-0.25, -0.2) is 4.79 Å². The van der Waals surface area contributed by atoms with Crippen LogP contribution in [0.5, 0.6) is 0 Å². The first-order chi connectivity index (χ1) is 3.68. The van der Waals surface area contributed by atoms with Gasteiger partial charge < -0.3 is 4.18 Å². The molecule has 2 nitrogen and oxygen atoms in total. The zero-order valence-corrected chi connectivity index (χ0v) is 9.35. The Bertz CT molecular complexity index is 59.2. The first-order valence-corrected chi connectivity index (χ1v) is 8.33. The molecule has 0 aliphatic heterocycles. The van der Waals surface area contributed by atoms with Crippen LogP contribution < -0.4 is 0 Å². The van der Waals surface area contributed by atoms with Gasteiger partial charge >= 0.3 is 36.3 Å². The summed E-state index contributed by atoms with van der Waals surface area (Å²) in [6.07, 6.45) is 0. The summed E-state index contributed by atoms with van der Waals surface area (Å²) in [5.41, 5.74) is 0.